The van der Waals surface area contributed by atoms with Crippen LogP contribution in [-0.4, -0.2) is 13.1 Å². The summed E-state index contributed by atoms with van der Waals surface area (Å²) in [5.41, 5.74) is 1.90. The van der Waals surface area contributed by atoms with E-state index in [1.54, 1.807) is 0 Å². The second-order valence-corrected chi connectivity index (χ2v) is 6.97. The summed E-state index contributed by atoms with van der Waals surface area (Å²) in [6.07, 6.45) is 6.98. The van der Waals surface area contributed by atoms with Gasteiger partial charge in [-0.05, 0) is 67.2 Å². The van der Waals surface area contributed by atoms with Gasteiger partial charge in [-0.2, -0.15) is 0 Å². The van der Waals surface area contributed by atoms with Gasteiger partial charge in [0, 0.05) is 11.6 Å². The summed E-state index contributed by atoms with van der Waals surface area (Å²) in [5.74, 6) is 1.92. The van der Waals surface area contributed by atoms with E-state index < -0.39 is 0 Å². The lowest BCUT2D eigenvalue weighted by molar-refractivity contribution is 0.157. The molecule has 0 aliphatic heterocycles. The summed E-state index contributed by atoms with van der Waals surface area (Å²) in [5, 5.41) is 4.49. The van der Waals surface area contributed by atoms with Crippen LogP contribution in [0.15, 0.2) is 24.3 Å². The van der Waals surface area contributed by atoms with E-state index in [1.807, 2.05) is 6.07 Å². The standard InChI is InChI=1S/C17H24ClN/c1-2-19-12-17(11-14-6-7-15(17)8-14)10-13-4-3-5-16(18)9-13/h3-5,9,14-15,19H,2,6-8,10-12H2,1H3. The Hall–Kier alpha value is -0.530. The fourth-order valence-corrected chi connectivity index (χ4v) is 4.69. The number of hydrogen-bond acceptors (Lipinski definition) is 1. The Kier molecular flexibility index (Phi) is 3.86. The Bertz CT molecular complexity index is 445. The van der Waals surface area contributed by atoms with Crippen LogP contribution >= 0.6 is 11.6 Å². The molecular formula is C17H24ClN. The van der Waals surface area contributed by atoms with Gasteiger partial charge in [0.15, 0.2) is 0 Å². The van der Waals surface area contributed by atoms with Crippen molar-refractivity contribution in [3.05, 3.63) is 34.9 Å². The molecule has 2 aliphatic rings. The quantitative estimate of drug-likeness (QED) is 0.846. The van der Waals surface area contributed by atoms with E-state index in [9.17, 15) is 0 Å². The maximum Gasteiger partial charge on any atom is 0.0408 e. The minimum Gasteiger partial charge on any atom is -0.316 e. The lowest BCUT2D eigenvalue weighted by atomic mass is 9.69. The van der Waals surface area contributed by atoms with Crippen molar-refractivity contribution < 1.29 is 0 Å². The lowest BCUT2D eigenvalue weighted by Gasteiger charge is -2.38. The molecule has 2 heteroatoms. The van der Waals surface area contributed by atoms with E-state index in [0.717, 1.165) is 23.4 Å². The highest BCUT2D eigenvalue weighted by Gasteiger charge is 2.50. The fourth-order valence-electron chi connectivity index (χ4n) is 4.48. The number of hydrogen-bond donors (Lipinski definition) is 1. The molecule has 0 radical (unpaired) electrons. The molecule has 0 amide bonds. The summed E-state index contributed by atoms with van der Waals surface area (Å²) in [7, 11) is 0. The first-order valence-electron chi connectivity index (χ1n) is 7.67. The molecule has 0 spiro atoms. The summed E-state index contributed by atoms with van der Waals surface area (Å²) in [6, 6.07) is 8.46. The van der Waals surface area contributed by atoms with Crippen LogP contribution in [0.25, 0.3) is 0 Å². The molecule has 3 atom stereocenters. The summed E-state index contributed by atoms with van der Waals surface area (Å²) < 4.78 is 0. The smallest absolute Gasteiger partial charge is 0.0408 e. The maximum atomic E-state index is 6.14. The van der Waals surface area contributed by atoms with Gasteiger partial charge in [-0.15, -0.1) is 0 Å². The van der Waals surface area contributed by atoms with Gasteiger partial charge in [-0.3, -0.25) is 0 Å². The number of rotatable bonds is 5. The van der Waals surface area contributed by atoms with Gasteiger partial charge in [-0.25, -0.2) is 0 Å². The maximum absolute atomic E-state index is 6.14. The van der Waals surface area contributed by atoms with Crippen molar-refractivity contribution in [2.45, 2.75) is 39.0 Å². The van der Waals surface area contributed by atoms with Crippen LogP contribution in [0, 0.1) is 17.3 Å². The van der Waals surface area contributed by atoms with Gasteiger partial charge in [0.1, 0.15) is 0 Å². The Morgan fingerprint density at radius 2 is 2.26 bits per heavy atom. The van der Waals surface area contributed by atoms with Crippen LogP contribution in [-0.2, 0) is 6.42 Å². The first kappa shape index (κ1) is 13.5. The molecule has 0 aromatic heterocycles. The molecule has 1 nitrogen and oxygen atoms in total. The Balaban J connectivity index is 1.80. The molecule has 1 aromatic rings. The molecule has 3 rings (SSSR count). The average molecular weight is 278 g/mol. The summed E-state index contributed by atoms with van der Waals surface area (Å²) in [6.45, 7) is 4.46. The summed E-state index contributed by atoms with van der Waals surface area (Å²) in [4.78, 5) is 0. The molecule has 104 valence electrons. The van der Waals surface area contributed by atoms with Gasteiger partial charge in [0.2, 0.25) is 0 Å². The van der Waals surface area contributed by atoms with Crippen LogP contribution in [0.5, 0.6) is 0 Å². The highest BCUT2D eigenvalue weighted by atomic mass is 35.5. The number of nitrogens with one attached hydrogen (secondary N) is 1. The van der Waals surface area contributed by atoms with Crippen molar-refractivity contribution >= 4 is 11.6 Å². The summed E-state index contributed by atoms with van der Waals surface area (Å²) >= 11 is 6.14. The van der Waals surface area contributed by atoms with Crippen molar-refractivity contribution in [3.63, 3.8) is 0 Å². The number of fused-ring (bicyclic) bond motifs is 2. The van der Waals surface area contributed by atoms with Crippen molar-refractivity contribution in [1.29, 1.82) is 0 Å². The molecule has 19 heavy (non-hydrogen) atoms. The average Bonchev–Trinajstić information content (AvgIpc) is 2.97. The molecule has 1 N–H and O–H groups in total. The molecule has 2 fully saturated rings. The van der Waals surface area contributed by atoms with E-state index in [-0.39, 0.29) is 0 Å². The van der Waals surface area contributed by atoms with Crippen LogP contribution in [0.1, 0.15) is 38.2 Å². The zero-order valence-electron chi connectivity index (χ0n) is 11.8. The topological polar surface area (TPSA) is 12.0 Å². The third kappa shape index (κ3) is 2.68. The van der Waals surface area contributed by atoms with Gasteiger partial charge < -0.3 is 5.32 Å². The predicted molar refractivity (Wildman–Crippen MR) is 81.6 cm³/mol. The van der Waals surface area contributed by atoms with E-state index in [0.29, 0.717) is 5.41 Å². The molecule has 0 saturated heterocycles. The molecular weight excluding hydrogens is 254 g/mol. The van der Waals surface area contributed by atoms with Crippen molar-refractivity contribution in [2.24, 2.45) is 17.3 Å². The Morgan fingerprint density at radius 3 is 2.89 bits per heavy atom. The minimum atomic E-state index is 0.490. The molecule has 2 saturated carbocycles. The Labute approximate surface area is 121 Å². The SMILES string of the molecule is CCNCC1(Cc2cccc(Cl)c2)CC2CCC1C2. The number of halogens is 1. The van der Waals surface area contributed by atoms with Gasteiger partial charge >= 0.3 is 0 Å². The monoisotopic (exact) mass is 277 g/mol. The second-order valence-electron chi connectivity index (χ2n) is 6.53. The highest BCUT2D eigenvalue weighted by Crippen LogP contribution is 2.57. The first-order chi connectivity index (χ1) is 9.22. The minimum absolute atomic E-state index is 0.490. The van der Waals surface area contributed by atoms with E-state index in [4.69, 9.17) is 11.6 Å². The lowest BCUT2D eigenvalue weighted by Crippen LogP contribution is -2.40. The van der Waals surface area contributed by atoms with Crippen LogP contribution < -0.4 is 5.32 Å². The highest BCUT2D eigenvalue weighted by molar-refractivity contribution is 6.30. The van der Waals surface area contributed by atoms with Crippen molar-refractivity contribution in [1.82, 2.24) is 5.32 Å². The van der Waals surface area contributed by atoms with Crippen molar-refractivity contribution in [2.75, 3.05) is 13.1 Å². The van der Waals surface area contributed by atoms with Crippen LogP contribution in [0.2, 0.25) is 5.02 Å². The number of benzene rings is 1. The second kappa shape index (κ2) is 5.46. The van der Waals surface area contributed by atoms with Crippen molar-refractivity contribution in [3.8, 4) is 0 Å². The molecule has 1 aromatic carbocycles. The third-order valence-electron chi connectivity index (χ3n) is 5.27. The zero-order valence-corrected chi connectivity index (χ0v) is 12.5. The molecule has 0 heterocycles. The Morgan fingerprint density at radius 1 is 1.37 bits per heavy atom. The molecule has 2 bridgehead atoms. The van der Waals surface area contributed by atoms with Gasteiger partial charge in [0.25, 0.3) is 0 Å². The van der Waals surface area contributed by atoms with E-state index >= 15 is 0 Å². The van der Waals surface area contributed by atoms with Crippen LogP contribution in [0.3, 0.4) is 0 Å². The normalized spacial score (nSPS) is 32.9. The third-order valence-corrected chi connectivity index (χ3v) is 5.51. The fraction of sp³-hybridized carbons (Fsp3) is 0.647. The largest absolute Gasteiger partial charge is 0.316 e. The van der Waals surface area contributed by atoms with Gasteiger partial charge in [-0.1, -0.05) is 37.1 Å². The zero-order chi connectivity index (χ0) is 13.3. The van der Waals surface area contributed by atoms with Crippen LogP contribution in [0.4, 0.5) is 0 Å². The molecule has 3 unspecified atom stereocenters. The predicted octanol–water partition coefficient (Wildman–Crippen LogP) is 4.30. The van der Waals surface area contributed by atoms with Gasteiger partial charge in [0.05, 0.1) is 0 Å². The first-order valence-corrected chi connectivity index (χ1v) is 8.05. The van der Waals surface area contributed by atoms with E-state index in [2.05, 4.69) is 30.4 Å². The van der Waals surface area contributed by atoms with E-state index in [1.165, 1.54) is 44.2 Å². The molecule has 2 aliphatic carbocycles.